The van der Waals surface area contributed by atoms with Gasteiger partial charge in [-0.2, -0.15) is 0 Å². The Bertz CT molecular complexity index is 1150. The number of likely N-dealkylation sites (tertiary alicyclic amines) is 1. The molecule has 0 radical (unpaired) electrons. The Morgan fingerprint density at radius 1 is 1.12 bits per heavy atom. The van der Waals surface area contributed by atoms with Crippen LogP contribution in [-0.4, -0.2) is 50.0 Å². The highest BCUT2D eigenvalue weighted by Crippen LogP contribution is 2.52. The number of rotatable bonds is 6. The molecule has 2 fully saturated rings. The van der Waals surface area contributed by atoms with Crippen LogP contribution in [0.2, 0.25) is 0 Å². The fourth-order valence-corrected chi connectivity index (χ4v) is 5.22. The number of benzene rings is 2. The second-order valence-corrected chi connectivity index (χ2v) is 10.5. The van der Waals surface area contributed by atoms with Crippen LogP contribution in [0.15, 0.2) is 42.5 Å². The van der Waals surface area contributed by atoms with E-state index in [1.807, 2.05) is 4.72 Å². The van der Waals surface area contributed by atoms with Gasteiger partial charge in [-0.05, 0) is 42.5 Å². The molecule has 3 atom stereocenters. The third-order valence-corrected chi connectivity index (χ3v) is 7.75. The molecule has 1 saturated carbocycles. The molecule has 33 heavy (non-hydrogen) atoms. The maximum atomic E-state index is 14.4. The number of carbonyl (C=O) groups is 1. The van der Waals surface area contributed by atoms with Crippen molar-refractivity contribution in [2.24, 2.45) is 5.92 Å². The summed E-state index contributed by atoms with van der Waals surface area (Å²) in [6.07, 6.45) is -0.228. The second-order valence-electron chi connectivity index (χ2n) is 8.50. The number of amides is 1. The molecule has 2 aromatic rings. The summed E-state index contributed by atoms with van der Waals surface area (Å²) in [5.41, 5.74) is 0.801. The topological polar surface area (TPSA) is 66.5 Å². The molecule has 2 aromatic carbocycles. The maximum absolute atomic E-state index is 14.4. The summed E-state index contributed by atoms with van der Waals surface area (Å²) in [5, 5.41) is 0. The van der Waals surface area contributed by atoms with Gasteiger partial charge in [-0.15, -0.1) is 0 Å². The molecule has 1 heterocycles. The van der Waals surface area contributed by atoms with Crippen molar-refractivity contribution in [3.05, 3.63) is 59.7 Å². The molecule has 0 bridgehead atoms. The first kappa shape index (κ1) is 23.7. The van der Waals surface area contributed by atoms with Gasteiger partial charge in [-0.1, -0.05) is 30.3 Å². The zero-order valence-electron chi connectivity index (χ0n) is 17.9. The van der Waals surface area contributed by atoms with Gasteiger partial charge in [-0.25, -0.2) is 30.7 Å². The van der Waals surface area contributed by atoms with Crippen LogP contribution in [0.3, 0.4) is 0 Å². The Labute approximate surface area is 189 Å². The van der Waals surface area contributed by atoms with Crippen LogP contribution >= 0.6 is 0 Å². The van der Waals surface area contributed by atoms with E-state index >= 15 is 0 Å². The van der Waals surface area contributed by atoms with E-state index in [1.165, 1.54) is 17.9 Å². The van der Waals surface area contributed by atoms with E-state index in [-0.39, 0.29) is 29.7 Å². The molecular formula is C23H24F4N2O3S. The molecule has 2 aliphatic rings. The van der Waals surface area contributed by atoms with Crippen LogP contribution < -0.4 is 4.72 Å². The van der Waals surface area contributed by atoms with Gasteiger partial charge < -0.3 is 4.90 Å². The van der Waals surface area contributed by atoms with Gasteiger partial charge in [0.05, 0.1) is 11.3 Å². The van der Waals surface area contributed by atoms with Gasteiger partial charge in [-0.3, -0.25) is 4.79 Å². The van der Waals surface area contributed by atoms with Crippen molar-refractivity contribution in [2.45, 2.75) is 37.6 Å². The number of nitrogens with one attached hydrogen (secondary N) is 1. The number of sulfonamides is 1. The molecule has 1 N–H and O–H groups in total. The van der Waals surface area contributed by atoms with Gasteiger partial charge >= 0.3 is 0 Å². The van der Waals surface area contributed by atoms with E-state index in [2.05, 4.69) is 0 Å². The van der Waals surface area contributed by atoms with Gasteiger partial charge in [0.25, 0.3) is 5.92 Å². The van der Waals surface area contributed by atoms with E-state index in [9.17, 15) is 30.8 Å². The van der Waals surface area contributed by atoms with Crippen LogP contribution in [0, 0.1) is 17.6 Å². The summed E-state index contributed by atoms with van der Waals surface area (Å²) >= 11 is 0. The summed E-state index contributed by atoms with van der Waals surface area (Å²) in [6.45, 7) is 0.720. The van der Waals surface area contributed by atoms with Crippen LogP contribution in [0.25, 0.3) is 11.1 Å². The highest BCUT2D eigenvalue weighted by atomic mass is 32.2. The molecule has 1 saturated heterocycles. The lowest BCUT2D eigenvalue weighted by atomic mass is 9.94. The van der Waals surface area contributed by atoms with Crippen molar-refractivity contribution in [1.82, 2.24) is 9.62 Å². The van der Waals surface area contributed by atoms with Crippen molar-refractivity contribution < 1.29 is 30.8 Å². The number of carbonyl (C=O) groups excluding carboxylic acids is 1. The van der Waals surface area contributed by atoms with Gasteiger partial charge in [0.15, 0.2) is 0 Å². The maximum Gasteiger partial charge on any atom is 0.267 e. The number of piperidine rings is 1. The fraction of sp³-hybridized carbons (Fsp3) is 0.435. The minimum Gasteiger partial charge on any atom is -0.340 e. The first-order valence-electron chi connectivity index (χ1n) is 10.7. The summed E-state index contributed by atoms with van der Waals surface area (Å²) in [7, 11) is -3.88. The van der Waals surface area contributed by atoms with E-state index in [4.69, 9.17) is 0 Å². The molecule has 10 heteroatoms. The minimum absolute atomic E-state index is 0.169. The Balaban J connectivity index is 1.53. The molecule has 5 nitrogen and oxygen atoms in total. The minimum atomic E-state index is -3.88. The van der Waals surface area contributed by atoms with Gasteiger partial charge in [0, 0.05) is 25.4 Å². The lowest BCUT2D eigenvalue weighted by Gasteiger charge is -2.38. The zero-order chi connectivity index (χ0) is 24.0. The van der Waals surface area contributed by atoms with Crippen LogP contribution in [0.1, 0.15) is 31.2 Å². The van der Waals surface area contributed by atoms with Crippen molar-refractivity contribution in [1.29, 1.82) is 0 Å². The van der Waals surface area contributed by atoms with E-state index < -0.39 is 52.5 Å². The third kappa shape index (κ3) is 4.77. The Kier molecular flexibility index (Phi) is 6.26. The first-order chi connectivity index (χ1) is 15.5. The van der Waals surface area contributed by atoms with Crippen molar-refractivity contribution in [2.75, 3.05) is 18.8 Å². The Hall–Kier alpha value is -2.46. The lowest BCUT2D eigenvalue weighted by molar-refractivity contribution is -0.141. The highest BCUT2D eigenvalue weighted by molar-refractivity contribution is 7.89. The number of nitrogens with zero attached hydrogens (tertiary/aromatic N) is 1. The number of hydrogen-bond acceptors (Lipinski definition) is 3. The molecular weight excluding hydrogens is 460 g/mol. The van der Waals surface area contributed by atoms with Crippen LogP contribution in [0.4, 0.5) is 17.6 Å². The van der Waals surface area contributed by atoms with Gasteiger partial charge in [0.2, 0.25) is 15.9 Å². The van der Waals surface area contributed by atoms with Gasteiger partial charge in [0.1, 0.15) is 17.7 Å². The Morgan fingerprint density at radius 2 is 1.79 bits per heavy atom. The summed E-state index contributed by atoms with van der Waals surface area (Å²) in [4.78, 5) is 14.3. The smallest absolute Gasteiger partial charge is 0.267 e. The molecule has 1 aliphatic heterocycles. The second kappa shape index (κ2) is 8.72. The van der Waals surface area contributed by atoms with Crippen LogP contribution in [0.5, 0.6) is 0 Å². The third-order valence-electron chi connectivity index (χ3n) is 6.34. The van der Waals surface area contributed by atoms with E-state index in [0.717, 1.165) is 12.1 Å². The SMILES string of the molecule is CCS(=O)(=O)N[C@@H]1CN(C(=O)[C@@H]2C[C@H]2c2ccccc2-c2c(F)cccc2F)CCC1(F)F. The van der Waals surface area contributed by atoms with Crippen molar-refractivity contribution >= 4 is 15.9 Å². The summed E-state index contributed by atoms with van der Waals surface area (Å²) < 4.78 is 83.1. The van der Waals surface area contributed by atoms with E-state index in [1.54, 1.807) is 24.3 Å². The molecule has 4 rings (SSSR count). The highest BCUT2D eigenvalue weighted by Gasteiger charge is 2.51. The quantitative estimate of drug-likeness (QED) is 0.633. The number of alkyl halides is 2. The molecule has 0 spiro atoms. The Morgan fingerprint density at radius 3 is 2.45 bits per heavy atom. The normalized spacial score (nSPS) is 24.5. The first-order valence-corrected chi connectivity index (χ1v) is 12.4. The average molecular weight is 485 g/mol. The molecule has 0 unspecified atom stereocenters. The largest absolute Gasteiger partial charge is 0.340 e. The standard InChI is InChI=1S/C23H24F4N2O3S/c1-2-33(31,32)28-20-13-29(11-10-23(20,26)27)22(30)17-12-16(17)14-6-3-4-7-15(14)21-18(24)8-5-9-19(21)25/h3-9,16-17,20,28H,2,10-13H2,1H3/t16-,17+,20+/m0/s1. The lowest BCUT2D eigenvalue weighted by Crippen LogP contribution is -2.60. The summed E-state index contributed by atoms with van der Waals surface area (Å²) in [5.74, 6) is -6.22. The van der Waals surface area contributed by atoms with Crippen molar-refractivity contribution in [3.63, 3.8) is 0 Å². The van der Waals surface area contributed by atoms with Crippen LogP contribution in [-0.2, 0) is 14.8 Å². The summed E-state index contributed by atoms with van der Waals surface area (Å²) in [6, 6.07) is 8.57. The molecule has 1 amide bonds. The molecule has 1 aliphatic carbocycles. The number of hydrogen-bond donors (Lipinski definition) is 1. The predicted molar refractivity (Wildman–Crippen MR) is 115 cm³/mol. The predicted octanol–water partition coefficient (Wildman–Crippen LogP) is 3.91. The molecule has 0 aromatic heterocycles. The average Bonchev–Trinajstić information content (AvgIpc) is 3.56. The number of halogens is 4. The van der Waals surface area contributed by atoms with E-state index in [0.29, 0.717) is 17.5 Å². The monoisotopic (exact) mass is 484 g/mol. The van der Waals surface area contributed by atoms with Crippen molar-refractivity contribution in [3.8, 4) is 11.1 Å². The zero-order valence-corrected chi connectivity index (χ0v) is 18.7. The fourth-order valence-electron chi connectivity index (χ4n) is 4.38. The molecule has 178 valence electrons.